The van der Waals surface area contributed by atoms with Crippen LogP contribution in [0.25, 0.3) is 11.1 Å². The van der Waals surface area contributed by atoms with E-state index in [2.05, 4.69) is 36.2 Å². The molecule has 4 aliphatic rings. The third-order valence-electron chi connectivity index (χ3n) is 7.57. The van der Waals surface area contributed by atoms with E-state index >= 15 is 0 Å². The zero-order chi connectivity index (χ0) is 24.0. The number of nitrogens with one attached hydrogen (secondary N) is 1. The summed E-state index contributed by atoms with van der Waals surface area (Å²) < 4.78 is 25.9. The molecule has 1 aliphatic carbocycles. The molecule has 2 bridgehead atoms. The molecule has 3 aliphatic heterocycles. The van der Waals surface area contributed by atoms with Gasteiger partial charge in [-0.25, -0.2) is 9.18 Å². The molecule has 0 radical (unpaired) electrons. The molecule has 6 heteroatoms. The van der Waals surface area contributed by atoms with Crippen molar-refractivity contribution in [1.29, 1.82) is 0 Å². The Labute approximate surface area is 201 Å². The van der Waals surface area contributed by atoms with Crippen molar-refractivity contribution >= 4 is 6.09 Å². The Morgan fingerprint density at radius 2 is 1.88 bits per heavy atom. The lowest BCUT2D eigenvalue weighted by molar-refractivity contribution is -0.0348. The molecule has 0 spiro atoms. The summed E-state index contributed by atoms with van der Waals surface area (Å²) in [4.78, 5) is 15.3. The van der Waals surface area contributed by atoms with E-state index in [1.165, 1.54) is 17.7 Å². The topological polar surface area (TPSA) is 50.8 Å². The zero-order valence-corrected chi connectivity index (χ0v) is 20.6. The Morgan fingerprint density at radius 3 is 2.56 bits per heavy atom. The molecule has 2 aromatic carbocycles. The van der Waals surface area contributed by atoms with Gasteiger partial charge in [-0.2, -0.15) is 0 Å². The molecule has 5 nitrogen and oxygen atoms in total. The molecule has 1 amide bonds. The van der Waals surface area contributed by atoms with Crippen LogP contribution in [0, 0.1) is 17.2 Å². The van der Waals surface area contributed by atoms with E-state index in [-0.39, 0.29) is 35.6 Å². The Bertz CT molecular complexity index is 1080. The number of carbonyl (C=O) groups excluding carboxylic acids is 1. The van der Waals surface area contributed by atoms with E-state index in [0.29, 0.717) is 11.7 Å². The molecule has 2 aromatic rings. The maximum atomic E-state index is 14.3. The summed E-state index contributed by atoms with van der Waals surface area (Å²) in [6.07, 6.45) is 2.69. The second-order valence-electron chi connectivity index (χ2n) is 11.1. The van der Waals surface area contributed by atoms with E-state index in [4.69, 9.17) is 9.47 Å². The van der Waals surface area contributed by atoms with E-state index in [1.807, 2.05) is 26.0 Å². The number of amides is 1. The summed E-state index contributed by atoms with van der Waals surface area (Å²) in [6, 6.07) is 10.9. The van der Waals surface area contributed by atoms with Crippen LogP contribution in [-0.4, -0.2) is 42.8 Å². The van der Waals surface area contributed by atoms with Crippen molar-refractivity contribution in [2.75, 3.05) is 19.6 Å². The summed E-state index contributed by atoms with van der Waals surface area (Å²) in [6.45, 7) is 11.3. The number of halogens is 1. The Morgan fingerprint density at radius 1 is 1.12 bits per heavy atom. The number of alkyl carbamates (subject to hydrolysis) is 1. The fourth-order valence-electron chi connectivity index (χ4n) is 5.91. The van der Waals surface area contributed by atoms with Gasteiger partial charge in [-0.1, -0.05) is 32.0 Å². The van der Waals surface area contributed by atoms with Gasteiger partial charge < -0.3 is 14.8 Å². The summed E-state index contributed by atoms with van der Waals surface area (Å²) in [5.41, 5.74) is 3.86. The molecule has 0 aromatic heterocycles. The predicted molar refractivity (Wildman–Crippen MR) is 130 cm³/mol. The summed E-state index contributed by atoms with van der Waals surface area (Å²) in [5.74, 6) is 0.697. The molecule has 1 N–H and O–H groups in total. The van der Waals surface area contributed by atoms with Crippen LogP contribution in [0.2, 0.25) is 0 Å². The number of nitrogens with zero attached hydrogens (tertiary/aromatic N) is 1. The number of piperidine rings is 3. The molecule has 2 atom stereocenters. The number of hydrogen-bond donors (Lipinski definition) is 1. The second-order valence-corrected chi connectivity index (χ2v) is 11.1. The summed E-state index contributed by atoms with van der Waals surface area (Å²) >= 11 is 0. The standard InChI is InChI=1S/C28H35FN2O3/c1-17(2)33-23-13-20(12-22(29)14-23)19-5-6-24-21(11-19)15-28(3,4)26(24)30-27(32)34-25-16-31-9-7-18(25)8-10-31/h5-6,11-14,17-18,25-26H,7-10,15-16H2,1-4H3,(H,30,32)/t25-,26-/m0/s1. The molecule has 182 valence electrons. The van der Waals surface area contributed by atoms with Gasteiger partial charge in [0.25, 0.3) is 0 Å². The number of fused-ring (bicyclic) bond motifs is 4. The number of hydrogen-bond acceptors (Lipinski definition) is 4. The van der Waals surface area contributed by atoms with Gasteiger partial charge in [-0.15, -0.1) is 0 Å². The molecule has 3 fully saturated rings. The van der Waals surface area contributed by atoms with Gasteiger partial charge in [-0.05, 0) is 91.9 Å². The van der Waals surface area contributed by atoms with Crippen molar-refractivity contribution in [2.45, 2.75) is 65.2 Å². The zero-order valence-electron chi connectivity index (χ0n) is 20.6. The van der Waals surface area contributed by atoms with Gasteiger partial charge in [0.2, 0.25) is 0 Å². The van der Waals surface area contributed by atoms with Crippen molar-refractivity contribution in [3.05, 3.63) is 53.3 Å². The van der Waals surface area contributed by atoms with Gasteiger partial charge in [0.05, 0.1) is 12.1 Å². The van der Waals surface area contributed by atoms with Gasteiger partial charge in [-0.3, -0.25) is 4.90 Å². The molecule has 3 saturated heterocycles. The van der Waals surface area contributed by atoms with Crippen LogP contribution in [0.4, 0.5) is 9.18 Å². The van der Waals surface area contributed by atoms with Crippen LogP contribution >= 0.6 is 0 Å². The highest BCUT2D eigenvalue weighted by Crippen LogP contribution is 2.46. The van der Waals surface area contributed by atoms with Crippen molar-refractivity contribution in [3.63, 3.8) is 0 Å². The van der Waals surface area contributed by atoms with E-state index < -0.39 is 0 Å². The van der Waals surface area contributed by atoms with Crippen LogP contribution in [-0.2, 0) is 11.2 Å². The fourth-order valence-corrected chi connectivity index (χ4v) is 5.91. The van der Waals surface area contributed by atoms with E-state index in [1.54, 1.807) is 0 Å². The van der Waals surface area contributed by atoms with Crippen LogP contribution < -0.4 is 10.1 Å². The Kier molecular flexibility index (Phi) is 6.05. The molecule has 0 saturated carbocycles. The Hall–Kier alpha value is -2.60. The van der Waals surface area contributed by atoms with Gasteiger partial charge in [0.1, 0.15) is 17.7 Å². The largest absolute Gasteiger partial charge is 0.491 e. The smallest absolute Gasteiger partial charge is 0.407 e. The first-order valence-electron chi connectivity index (χ1n) is 12.5. The Balaban J connectivity index is 1.34. The maximum absolute atomic E-state index is 14.3. The maximum Gasteiger partial charge on any atom is 0.407 e. The first-order valence-corrected chi connectivity index (χ1v) is 12.5. The second kappa shape index (κ2) is 8.88. The fraction of sp³-hybridized carbons (Fsp3) is 0.536. The lowest BCUT2D eigenvalue weighted by atomic mass is 9.85. The molecule has 0 unspecified atom stereocenters. The van der Waals surface area contributed by atoms with E-state index in [0.717, 1.165) is 55.6 Å². The monoisotopic (exact) mass is 466 g/mol. The number of benzene rings is 2. The molecule has 3 heterocycles. The van der Waals surface area contributed by atoms with Gasteiger partial charge >= 0.3 is 6.09 Å². The van der Waals surface area contributed by atoms with Gasteiger partial charge in [0.15, 0.2) is 0 Å². The van der Waals surface area contributed by atoms with Crippen molar-refractivity contribution in [3.8, 4) is 16.9 Å². The summed E-state index contributed by atoms with van der Waals surface area (Å²) in [7, 11) is 0. The van der Waals surface area contributed by atoms with Crippen LogP contribution in [0.3, 0.4) is 0 Å². The first-order chi connectivity index (χ1) is 16.2. The lowest BCUT2D eigenvalue weighted by Crippen LogP contribution is -2.53. The third-order valence-corrected chi connectivity index (χ3v) is 7.57. The minimum atomic E-state index is -0.325. The van der Waals surface area contributed by atoms with Crippen molar-refractivity contribution in [1.82, 2.24) is 10.2 Å². The van der Waals surface area contributed by atoms with E-state index in [9.17, 15) is 9.18 Å². The highest BCUT2D eigenvalue weighted by Gasteiger charge is 2.42. The number of rotatable bonds is 5. The van der Waals surface area contributed by atoms with Crippen LogP contribution in [0.1, 0.15) is 57.7 Å². The van der Waals surface area contributed by atoms with Crippen LogP contribution in [0.15, 0.2) is 36.4 Å². The van der Waals surface area contributed by atoms with Gasteiger partial charge in [0, 0.05) is 12.6 Å². The minimum Gasteiger partial charge on any atom is -0.491 e. The quantitative estimate of drug-likeness (QED) is 0.612. The first kappa shape index (κ1) is 23.2. The number of ether oxygens (including phenoxy) is 2. The predicted octanol–water partition coefficient (Wildman–Crippen LogP) is 5.72. The highest BCUT2D eigenvalue weighted by atomic mass is 19.1. The molecule has 34 heavy (non-hydrogen) atoms. The van der Waals surface area contributed by atoms with Crippen molar-refractivity contribution in [2.24, 2.45) is 11.3 Å². The number of carbonyl (C=O) groups is 1. The SMILES string of the molecule is CC(C)Oc1cc(F)cc(-c2ccc3c(c2)CC(C)(C)[C@H]3NC(=O)O[C@H]2CN3CCC2CC3)c1. The lowest BCUT2D eigenvalue weighted by Gasteiger charge is -2.44. The third kappa shape index (κ3) is 4.65. The average Bonchev–Trinajstić information content (AvgIpc) is 3.02. The summed E-state index contributed by atoms with van der Waals surface area (Å²) in [5, 5.41) is 3.17. The average molecular weight is 467 g/mol. The highest BCUT2D eigenvalue weighted by molar-refractivity contribution is 5.70. The van der Waals surface area contributed by atoms with Crippen LogP contribution in [0.5, 0.6) is 5.75 Å². The molecular weight excluding hydrogens is 431 g/mol. The normalized spacial score (nSPS) is 26.9. The van der Waals surface area contributed by atoms with Crippen molar-refractivity contribution < 1.29 is 18.7 Å². The molecular formula is C28H35FN2O3. The minimum absolute atomic E-state index is 0.0101. The molecule has 6 rings (SSSR count).